The van der Waals surface area contributed by atoms with E-state index >= 15 is 0 Å². The molecule has 1 atom stereocenters. The van der Waals surface area contributed by atoms with Crippen LogP contribution in [0.3, 0.4) is 0 Å². The lowest BCUT2D eigenvalue weighted by Gasteiger charge is -2.24. The molecule has 1 aromatic carbocycles. The van der Waals surface area contributed by atoms with Crippen LogP contribution in [0.1, 0.15) is 25.3 Å². The van der Waals surface area contributed by atoms with Gasteiger partial charge in [-0.1, -0.05) is 6.92 Å². The smallest absolute Gasteiger partial charge is 0.308 e. The number of carbonyl (C=O) groups excluding carboxylic acids is 1. The average Bonchev–Trinajstić information content (AvgIpc) is 3.35. The monoisotopic (exact) mass is 302 g/mol. The van der Waals surface area contributed by atoms with Crippen molar-refractivity contribution in [3.8, 4) is 11.8 Å². The summed E-state index contributed by atoms with van der Waals surface area (Å²) in [5, 5.41) is 17.7. The Kier molecular flexibility index (Phi) is 4.99. The van der Waals surface area contributed by atoms with E-state index in [1.807, 2.05) is 6.07 Å². The molecule has 1 aliphatic rings. The van der Waals surface area contributed by atoms with Gasteiger partial charge in [-0.2, -0.15) is 5.26 Å². The number of hydrogen-bond donors (Lipinski definition) is 1. The Balaban J connectivity index is 1.90. The van der Waals surface area contributed by atoms with Crippen molar-refractivity contribution in [1.82, 2.24) is 4.90 Å². The summed E-state index contributed by atoms with van der Waals surface area (Å²) in [4.78, 5) is 24.8. The van der Waals surface area contributed by atoms with E-state index in [9.17, 15) is 9.59 Å². The molecule has 0 spiro atoms. The van der Waals surface area contributed by atoms with Crippen molar-refractivity contribution in [3.05, 3.63) is 29.8 Å². The van der Waals surface area contributed by atoms with E-state index < -0.39 is 11.9 Å². The first kappa shape index (κ1) is 15.8. The molecule has 1 fully saturated rings. The van der Waals surface area contributed by atoms with Crippen LogP contribution in [0.4, 0.5) is 0 Å². The van der Waals surface area contributed by atoms with Crippen LogP contribution in [0.15, 0.2) is 24.3 Å². The highest BCUT2D eigenvalue weighted by molar-refractivity contribution is 5.79. The third kappa shape index (κ3) is 4.22. The predicted molar refractivity (Wildman–Crippen MR) is 78.2 cm³/mol. The lowest BCUT2D eigenvalue weighted by atomic mass is 10.1. The van der Waals surface area contributed by atoms with Gasteiger partial charge in [-0.25, -0.2) is 0 Å². The zero-order chi connectivity index (χ0) is 16.1. The van der Waals surface area contributed by atoms with Gasteiger partial charge in [-0.3, -0.25) is 9.59 Å². The Morgan fingerprint density at radius 1 is 1.41 bits per heavy atom. The molecule has 22 heavy (non-hydrogen) atoms. The Morgan fingerprint density at radius 3 is 2.55 bits per heavy atom. The lowest BCUT2D eigenvalue weighted by Crippen LogP contribution is -2.41. The Morgan fingerprint density at radius 2 is 2.05 bits per heavy atom. The summed E-state index contributed by atoms with van der Waals surface area (Å²) in [6.45, 7) is 1.66. The van der Waals surface area contributed by atoms with Crippen molar-refractivity contribution < 1.29 is 19.4 Å². The molecule has 0 radical (unpaired) electrons. The molecule has 1 aromatic rings. The predicted octanol–water partition coefficient (Wildman–Crippen LogP) is 1.65. The normalized spacial score (nSPS) is 14.7. The van der Waals surface area contributed by atoms with Gasteiger partial charge in [0.15, 0.2) is 6.61 Å². The standard InChI is InChI=1S/C16H18N2O4/c1-11(16(20)21)9-18(13-4-5-13)15(19)10-22-14-6-2-12(8-17)3-7-14/h2-3,6-7,11,13H,4-5,9-10H2,1H3,(H,20,21). The second-order valence-corrected chi connectivity index (χ2v) is 5.44. The first-order valence-electron chi connectivity index (χ1n) is 7.16. The van der Waals surface area contributed by atoms with E-state index in [4.69, 9.17) is 15.1 Å². The molecule has 0 aliphatic heterocycles. The van der Waals surface area contributed by atoms with E-state index in [-0.39, 0.29) is 25.1 Å². The van der Waals surface area contributed by atoms with Crippen LogP contribution in [0.2, 0.25) is 0 Å². The first-order valence-corrected chi connectivity index (χ1v) is 7.16. The molecular formula is C16H18N2O4. The van der Waals surface area contributed by atoms with E-state index in [0.29, 0.717) is 11.3 Å². The number of benzene rings is 1. The number of carboxylic acids is 1. The van der Waals surface area contributed by atoms with Crippen molar-refractivity contribution in [2.75, 3.05) is 13.2 Å². The van der Waals surface area contributed by atoms with E-state index in [1.54, 1.807) is 36.1 Å². The second kappa shape index (κ2) is 6.94. The van der Waals surface area contributed by atoms with Gasteiger partial charge in [-0.05, 0) is 37.1 Å². The molecule has 6 nitrogen and oxygen atoms in total. The van der Waals surface area contributed by atoms with Crippen molar-refractivity contribution in [2.24, 2.45) is 5.92 Å². The third-order valence-corrected chi connectivity index (χ3v) is 3.55. The molecule has 1 amide bonds. The van der Waals surface area contributed by atoms with Crippen LogP contribution < -0.4 is 4.74 Å². The first-order chi connectivity index (χ1) is 10.5. The Bertz CT molecular complexity index is 587. The molecule has 0 aromatic heterocycles. The molecule has 1 N–H and O–H groups in total. The fourth-order valence-corrected chi connectivity index (χ4v) is 2.07. The molecular weight excluding hydrogens is 284 g/mol. The third-order valence-electron chi connectivity index (χ3n) is 3.55. The van der Waals surface area contributed by atoms with Crippen LogP contribution in [0.5, 0.6) is 5.75 Å². The minimum atomic E-state index is -0.911. The highest BCUT2D eigenvalue weighted by atomic mass is 16.5. The number of carboxylic acid groups (broad SMARTS) is 1. The average molecular weight is 302 g/mol. The van der Waals surface area contributed by atoms with Crippen LogP contribution in [0.25, 0.3) is 0 Å². The van der Waals surface area contributed by atoms with Gasteiger partial charge in [0.2, 0.25) is 0 Å². The summed E-state index contributed by atoms with van der Waals surface area (Å²) in [6, 6.07) is 8.64. The summed E-state index contributed by atoms with van der Waals surface area (Å²) < 4.78 is 5.42. The number of aliphatic carboxylic acids is 1. The maximum atomic E-state index is 12.2. The highest BCUT2D eigenvalue weighted by Crippen LogP contribution is 2.28. The summed E-state index contributed by atoms with van der Waals surface area (Å²) in [5.74, 6) is -1.21. The number of hydrogen-bond acceptors (Lipinski definition) is 4. The van der Waals surface area contributed by atoms with E-state index in [1.165, 1.54) is 0 Å². The van der Waals surface area contributed by atoms with Crippen molar-refractivity contribution in [3.63, 3.8) is 0 Å². The van der Waals surface area contributed by atoms with Crippen LogP contribution >= 0.6 is 0 Å². The van der Waals surface area contributed by atoms with E-state index in [0.717, 1.165) is 12.8 Å². The molecule has 1 saturated carbocycles. The number of nitriles is 1. The van der Waals surface area contributed by atoms with Crippen molar-refractivity contribution in [2.45, 2.75) is 25.8 Å². The van der Waals surface area contributed by atoms with Gasteiger partial charge >= 0.3 is 5.97 Å². The number of amides is 1. The number of carbonyl (C=O) groups is 2. The minimum absolute atomic E-state index is 0.130. The largest absolute Gasteiger partial charge is 0.484 e. The zero-order valence-electron chi connectivity index (χ0n) is 12.4. The minimum Gasteiger partial charge on any atom is -0.484 e. The molecule has 0 saturated heterocycles. The fraction of sp³-hybridized carbons (Fsp3) is 0.438. The molecule has 116 valence electrons. The quantitative estimate of drug-likeness (QED) is 0.827. The summed E-state index contributed by atoms with van der Waals surface area (Å²) in [5.41, 5.74) is 0.522. The maximum absolute atomic E-state index is 12.2. The van der Waals surface area contributed by atoms with Crippen LogP contribution in [-0.4, -0.2) is 41.1 Å². The number of rotatable bonds is 7. The lowest BCUT2D eigenvalue weighted by molar-refractivity contribution is -0.143. The molecule has 0 bridgehead atoms. The van der Waals surface area contributed by atoms with Crippen LogP contribution in [-0.2, 0) is 9.59 Å². The molecule has 1 unspecified atom stereocenters. The summed E-state index contributed by atoms with van der Waals surface area (Å²) >= 11 is 0. The van der Waals surface area contributed by atoms with Gasteiger partial charge in [-0.15, -0.1) is 0 Å². The fourth-order valence-electron chi connectivity index (χ4n) is 2.07. The number of nitrogens with zero attached hydrogens (tertiary/aromatic N) is 2. The maximum Gasteiger partial charge on any atom is 0.308 e. The van der Waals surface area contributed by atoms with Gasteiger partial charge < -0.3 is 14.7 Å². The van der Waals surface area contributed by atoms with Crippen molar-refractivity contribution >= 4 is 11.9 Å². The van der Waals surface area contributed by atoms with Gasteiger partial charge in [0, 0.05) is 12.6 Å². The van der Waals surface area contributed by atoms with Crippen molar-refractivity contribution in [1.29, 1.82) is 5.26 Å². The Hall–Kier alpha value is -2.55. The van der Waals surface area contributed by atoms with Gasteiger partial charge in [0.25, 0.3) is 5.91 Å². The van der Waals surface area contributed by atoms with Gasteiger partial charge in [0.05, 0.1) is 17.6 Å². The summed E-state index contributed by atoms with van der Waals surface area (Å²) in [6.07, 6.45) is 1.82. The highest BCUT2D eigenvalue weighted by Gasteiger charge is 2.34. The van der Waals surface area contributed by atoms with Gasteiger partial charge in [0.1, 0.15) is 5.75 Å². The van der Waals surface area contributed by atoms with E-state index in [2.05, 4.69) is 0 Å². The topological polar surface area (TPSA) is 90.6 Å². The molecule has 0 heterocycles. The molecule has 6 heteroatoms. The summed E-state index contributed by atoms with van der Waals surface area (Å²) in [7, 11) is 0. The molecule has 1 aliphatic carbocycles. The molecule has 2 rings (SSSR count). The Labute approximate surface area is 128 Å². The second-order valence-electron chi connectivity index (χ2n) is 5.44. The number of ether oxygens (including phenoxy) is 1. The SMILES string of the molecule is CC(CN(C(=O)COc1ccc(C#N)cc1)C1CC1)C(=O)O. The zero-order valence-corrected chi connectivity index (χ0v) is 12.4. The van der Waals surface area contributed by atoms with Crippen LogP contribution in [0, 0.1) is 17.2 Å².